The summed E-state index contributed by atoms with van der Waals surface area (Å²) in [5.74, 6) is 0. The van der Waals surface area contributed by atoms with E-state index in [0.717, 1.165) is 27.9 Å². The molecule has 0 unspecified atom stereocenters. The Hall–Kier alpha value is -3.87. The van der Waals surface area contributed by atoms with Crippen molar-refractivity contribution in [3.63, 3.8) is 0 Å². The van der Waals surface area contributed by atoms with E-state index in [2.05, 4.69) is 10.0 Å². The van der Waals surface area contributed by atoms with Crippen LogP contribution in [0.15, 0.2) is 96.1 Å². The van der Waals surface area contributed by atoms with Gasteiger partial charge in [-0.05, 0) is 22.2 Å². The van der Waals surface area contributed by atoms with Gasteiger partial charge >= 0.3 is 0 Å². The van der Waals surface area contributed by atoms with Crippen LogP contribution >= 0.6 is 0 Å². The first-order valence-corrected chi connectivity index (χ1v) is 10.6. The van der Waals surface area contributed by atoms with Gasteiger partial charge in [0.2, 0.25) is 0 Å². The summed E-state index contributed by atoms with van der Waals surface area (Å²) >= 11 is 0. The zero-order chi connectivity index (χ0) is 23.0. The fourth-order valence-corrected chi connectivity index (χ4v) is 3.88. The molecule has 0 saturated carbocycles. The number of rotatable bonds is 9. The molecule has 4 rings (SSSR count). The van der Waals surface area contributed by atoms with Gasteiger partial charge in [-0.15, -0.1) is 0 Å². The van der Waals surface area contributed by atoms with Crippen LogP contribution in [0.5, 0.6) is 0 Å². The third kappa shape index (κ3) is 4.67. The number of ether oxygens (including phenoxy) is 1. The van der Waals surface area contributed by atoms with E-state index < -0.39 is 6.10 Å². The van der Waals surface area contributed by atoms with Crippen LogP contribution in [0.25, 0.3) is 44.1 Å². The molecule has 0 bridgehead atoms. The van der Waals surface area contributed by atoms with Crippen LogP contribution in [0.4, 0.5) is 5.69 Å². The molecule has 0 saturated heterocycles. The zero-order valence-corrected chi connectivity index (χ0v) is 18.0. The van der Waals surface area contributed by atoms with Crippen LogP contribution in [0.2, 0.25) is 0 Å². The van der Waals surface area contributed by atoms with Gasteiger partial charge in [0.15, 0.2) is 0 Å². The maximum Gasteiger partial charge on any atom is 0.124 e. The summed E-state index contributed by atoms with van der Waals surface area (Å²) in [4.78, 5) is 3.14. The van der Waals surface area contributed by atoms with Gasteiger partial charge in [0.1, 0.15) is 12.8 Å². The smallest absolute Gasteiger partial charge is 0.124 e. The van der Waals surface area contributed by atoms with Gasteiger partial charge in [0, 0.05) is 10.5 Å². The Bertz CT molecular complexity index is 1230. The van der Waals surface area contributed by atoms with E-state index in [4.69, 9.17) is 4.74 Å². The van der Waals surface area contributed by atoms with E-state index in [0.29, 0.717) is 11.4 Å². The van der Waals surface area contributed by atoms with Crippen molar-refractivity contribution in [1.82, 2.24) is 4.57 Å². The second kappa shape index (κ2) is 10.6. The Morgan fingerprint density at radius 3 is 1.73 bits per heavy atom. The van der Waals surface area contributed by atoms with Crippen LogP contribution < -0.4 is 0 Å². The highest BCUT2D eigenvalue weighted by Gasteiger charge is 2.26. The minimum Gasteiger partial charge on any atom is -0.394 e. The summed E-state index contributed by atoms with van der Waals surface area (Å²) in [6, 6.07) is 29.2. The topological polar surface area (TPSA) is 103 Å². The molecule has 2 N–H and O–H groups in total. The molecule has 0 fully saturated rings. The molecule has 7 heteroatoms. The quantitative estimate of drug-likeness (QED) is 0.196. The van der Waals surface area contributed by atoms with Crippen molar-refractivity contribution in [3.05, 3.63) is 101 Å². The molecular weight excluding hydrogens is 416 g/mol. The zero-order valence-electron chi connectivity index (χ0n) is 18.0. The fourth-order valence-electron chi connectivity index (χ4n) is 3.88. The van der Waals surface area contributed by atoms with Crippen molar-refractivity contribution in [2.45, 2.75) is 12.8 Å². The van der Waals surface area contributed by atoms with E-state index in [-0.39, 0.29) is 19.9 Å². The summed E-state index contributed by atoms with van der Waals surface area (Å²) < 4.78 is 7.80. The number of azide groups is 1. The van der Waals surface area contributed by atoms with Crippen molar-refractivity contribution >= 4 is 5.69 Å². The highest BCUT2D eigenvalue weighted by molar-refractivity contribution is 5.97. The molecule has 0 aliphatic heterocycles. The summed E-state index contributed by atoms with van der Waals surface area (Å²) in [6.45, 7) is -0.581. The van der Waals surface area contributed by atoms with Crippen LogP contribution in [-0.4, -0.2) is 34.1 Å². The third-order valence-electron chi connectivity index (χ3n) is 5.39. The van der Waals surface area contributed by atoms with Crippen molar-refractivity contribution in [1.29, 1.82) is 0 Å². The normalized spacial score (nSPS) is 10.9. The Morgan fingerprint density at radius 1 is 0.758 bits per heavy atom. The van der Waals surface area contributed by atoms with Crippen LogP contribution in [-0.2, 0) is 11.5 Å². The van der Waals surface area contributed by atoms with E-state index in [1.165, 1.54) is 0 Å². The maximum atomic E-state index is 9.54. The first-order valence-electron chi connectivity index (χ1n) is 10.6. The van der Waals surface area contributed by atoms with Crippen LogP contribution in [0.3, 0.4) is 0 Å². The number of nitrogens with zero attached hydrogens (tertiary/aromatic N) is 4. The lowest BCUT2D eigenvalue weighted by atomic mass is 9.99. The summed E-state index contributed by atoms with van der Waals surface area (Å²) in [6.07, 6.45) is -0.734. The number of aliphatic hydroxyl groups is 2. The molecule has 0 spiro atoms. The number of hydrogen-bond acceptors (Lipinski definition) is 4. The summed E-state index contributed by atoms with van der Waals surface area (Å²) in [7, 11) is 0. The number of benzene rings is 3. The summed E-state index contributed by atoms with van der Waals surface area (Å²) in [5, 5.41) is 23.2. The van der Waals surface area contributed by atoms with E-state index in [1.807, 2.05) is 95.6 Å². The SMILES string of the molecule is [N-]=[N+]=Nc1c(-c2ccccc2)c(-c2ccccc2)n(COC(CO)CO)c1-c1ccccc1. The molecule has 4 aromatic rings. The average Bonchev–Trinajstić information content (AvgIpc) is 3.20. The molecule has 33 heavy (non-hydrogen) atoms. The largest absolute Gasteiger partial charge is 0.394 e. The van der Waals surface area contributed by atoms with Gasteiger partial charge in [-0.2, -0.15) is 0 Å². The van der Waals surface area contributed by atoms with E-state index in [1.54, 1.807) is 0 Å². The predicted molar refractivity (Wildman–Crippen MR) is 129 cm³/mol. The minimum absolute atomic E-state index is 0.0427. The second-order valence-electron chi connectivity index (χ2n) is 7.42. The highest BCUT2D eigenvalue weighted by atomic mass is 16.5. The fraction of sp³-hybridized carbons (Fsp3) is 0.154. The third-order valence-corrected chi connectivity index (χ3v) is 5.39. The monoisotopic (exact) mass is 440 g/mol. The lowest BCUT2D eigenvalue weighted by Crippen LogP contribution is -2.23. The van der Waals surface area contributed by atoms with Crippen LogP contribution in [0.1, 0.15) is 0 Å². The molecule has 0 aliphatic carbocycles. The molecule has 1 heterocycles. The van der Waals surface area contributed by atoms with Gasteiger partial charge in [-0.25, -0.2) is 0 Å². The molecule has 0 aliphatic rings. The number of aromatic nitrogens is 1. The van der Waals surface area contributed by atoms with Gasteiger partial charge in [-0.3, -0.25) is 0 Å². The van der Waals surface area contributed by atoms with Crippen molar-refractivity contribution < 1.29 is 14.9 Å². The first kappa shape index (κ1) is 22.3. The Labute approximate surface area is 191 Å². The Balaban J connectivity index is 2.08. The van der Waals surface area contributed by atoms with Crippen molar-refractivity contribution in [3.8, 4) is 33.6 Å². The summed E-state index contributed by atoms with van der Waals surface area (Å²) in [5.41, 5.74) is 14.9. The van der Waals surface area contributed by atoms with Gasteiger partial charge in [-0.1, -0.05) is 96.1 Å². The van der Waals surface area contributed by atoms with Gasteiger partial charge < -0.3 is 19.5 Å². The molecule has 1 aromatic heterocycles. The average molecular weight is 441 g/mol. The molecule has 166 valence electrons. The standard InChI is InChI=1S/C26H24N4O3/c27-29-28-24-23(19-10-4-1-5-11-19)25(20-12-6-2-7-13-20)30(18-33-22(16-31)17-32)26(24)21-14-8-3-9-15-21/h1-15,22,31-32H,16-18H2. The molecule has 0 atom stereocenters. The first-order chi connectivity index (χ1) is 16.3. The lowest BCUT2D eigenvalue weighted by molar-refractivity contribution is -0.0487. The van der Waals surface area contributed by atoms with E-state index in [9.17, 15) is 15.7 Å². The maximum absolute atomic E-state index is 9.54. The molecular formula is C26H24N4O3. The van der Waals surface area contributed by atoms with Gasteiger partial charge in [0.05, 0.1) is 30.3 Å². The molecule has 0 amide bonds. The predicted octanol–water partition coefficient (Wildman–Crippen LogP) is 5.76. The highest BCUT2D eigenvalue weighted by Crippen LogP contribution is 2.48. The Kier molecular flexibility index (Phi) is 7.19. The molecule has 3 aromatic carbocycles. The molecule has 7 nitrogen and oxygen atoms in total. The second-order valence-corrected chi connectivity index (χ2v) is 7.42. The lowest BCUT2D eigenvalue weighted by Gasteiger charge is -2.19. The van der Waals surface area contributed by atoms with E-state index >= 15 is 0 Å². The van der Waals surface area contributed by atoms with Crippen LogP contribution in [0, 0.1) is 0 Å². The van der Waals surface area contributed by atoms with Crippen molar-refractivity contribution in [2.75, 3.05) is 13.2 Å². The number of hydrogen-bond donors (Lipinski definition) is 2. The Morgan fingerprint density at radius 2 is 1.24 bits per heavy atom. The minimum atomic E-state index is -0.734. The number of aliphatic hydroxyl groups excluding tert-OH is 2. The van der Waals surface area contributed by atoms with Gasteiger partial charge in [0.25, 0.3) is 0 Å². The molecule has 0 radical (unpaired) electrons. The van der Waals surface area contributed by atoms with Crippen molar-refractivity contribution in [2.24, 2.45) is 5.11 Å².